The quantitative estimate of drug-likeness (QED) is 0.581. The molecule has 0 saturated heterocycles. The summed E-state index contributed by atoms with van der Waals surface area (Å²) in [7, 11) is 0. The van der Waals surface area contributed by atoms with Crippen LogP contribution in [-0.2, 0) is 19.1 Å². The van der Waals surface area contributed by atoms with Gasteiger partial charge in [0, 0.05) is 18.5 Å². The first-order chi connectivity index (χ1) is 13.6. The summed E-state index contributed by atoms with van der Waals surface area (Å²) in [6.07, 6.45) is 7.16. The maximum absolute atomic E-state index is 11.5. The number of benzene rings is 1. The summed E-state index contributed by atoms with van der Waals surface area (Å²) in [4.78, 5) is 27.1. The van der Waals surface area contributed by atoms with Crippen molar-refractivity contribution in [2.75, 3.05) is 26.4 Å². The Morgan fingerprint density at radius 1 is 0.893 bits per heavy atom. The fraction of sp³-hybridized carbons (Fsp3) is 0.286. The average Bonchev–Trinajstić information content (AvgIpc) is 2.70. The zero-order chi connectivity index (χ0) is 20.2. The molecule has 2 rings (SSSR count). The highest BCUT2D eigenvalue weighted by atomic mass is 16.6. The highest BCUT2D eigenvalue weighted by molar-refractivity contribution is 5.73. The van der Waals surface area contributed by atoms with Gasteiger partial charge in [-0.25, -0.2) is 9.59 Å². The predicted octanol–water partition coefficient (Wildman–Crippen LogP) is 3.14. The lowest BCUT2D eigenvalue weighted by molar-refractivity contribution is -0.146. The maximum Gasteiger partial charge on any atom is 0.344 e. The number of hydrogen-bond donors (Lipinski definition) is 0. The lowest BCUT2D eigenvalue weighted by Crippen LogP contribution is -2.15. The van der Waals surface area contributed by atoms with Gasteiger partial charge in [0.1, 0.15) is 11.5 Å². The third-order valence-electron chi connectivity index (χ3n) is 3.38. The van der Waals surface area contributed by atoms with E-state index in [-0.39, 0.29) is 26.4 Å². The largest absolute Gasteiger partial charge is 0.482 e. The van der Waals surface area contributed by atoms with Gasteiger partial charge < -0.3 is 18.9 Å². The number of rotatable bonds is 10. The molecule has 0 bridgehead atoms. The van der Waals surface area contributed by atoms with Gasteiger partial charge in [-0.1, -0.05) is 18.2 Å². The number of carbonyl (C=O) groups is 2. The number of nitrogens with zero attached hydrogens (tertiary/aromatic N) is 1. The Morgan fingerprint density at radius 2 is 1.46 bits per heavy atom. The molecule has 148 valence electrons. The highest BCUT2D eigenvalue weighted by Gasteiger charge is 2.08. The van der Waals surface area contributed by atoms with Crippen molar-refractivity contribution in [2.45, 2.75) is 13.8 Å². The van der Waals surface area contributed by atoms with E-state index in [0.717, 1.165) is 11.1 Å². The Balaban J connectivity index is 2.15. The van der Waals surface area contributed by atoms with Crippen LogP contribution in [0.1, 0.15) is 25.0 Å². The molecular weight excluding hydrogens is 362 g/mol. The molecule has 7 heteroatoms. The van der Waals surface area contributed by atoms with Gasteiger partial charge in [-0.3, -0.25) is 4.98 Å². The molecule has 1 aromatic carbocycles. The molecule has 0 unspecified atom stereocenters. The molecule has 0 radical (unpaired) electrons. The van der Waals surface area contributed by atoms with Crippen LogP contribution in [0.2, 0.25) is 0 Å². The fourth-order valence-electron chi connectivity index (χ4n) is 2.21. The van der Waals surface area contributed by atoms with E-state index < -0.39 is 11.9 Å². The van der Waals surface area contributed by atoms with Crippen molar-refractivity contribution >= 4 is 24.1 Å². The van der Waals surface area contributed by atoms with E-state index in [0.29, 0.717) is 11.5 Å². The predicted molar refractivity (Wildman–Crippen MR) is 104 cm³/mol. The monoisotopic (exact) mass is 385 g/mol. The Bertz CT molecular complexity index is 764. The van der Waals surface area contributed by atoms with Gasteiger partial charge >= 0.3 is 11.9 Å². The molecule has 28 heavy (non-hydrogen) atoms. The number of hydrogen-bond acceptors (Lipinski definition) is 7. The van der Waals surface area contributed by atoms with Crippen LogP contribution in [-0.4, -0.2) is 43.4 Å². The summed E-state index contributed by atoms with van der Waals surface area (Å²) < 4.78 is 20.7. The van der Waals surface area contributed by atoms with Crippen LogP contribution in [0.15, 0.2) is 42.7 Å². The maximum atomic E-state index is 11.5. The Kier molecular flexibility index (Phi) is 8.52. The first kappa shape index (κ1) is 21.0. The third-order valence-corrected chi connectivity index (χ3v) is 3.38. The van der Waals surface area contributed by atoms with Crippen molar-refractivity contribution in [1.82, 2.24) is 4.98 Å². The van der Waals surface area contributed by atoms with E-state index in [9.17, 15) is 9.59 Å². The molecule has 0 aliphatic rings. The molecule has 0 atom stereocenters. The van der Waals surface area contributed by atoms with E-state index in [4.69, 9.17) is 18.9 Å². The molecule has 1 aromatic heterocycles. The minimum atomic E-state index is -0.465. The molecule has 0 aliphatic carbocycles. The van der Waals surface area contributed by atoms with Crippen LogP contribution in [0.3, 0.4) is 0 Å². The normalized spacial score (nSPS) is 10.5. The summed E-state index contributed by atoms with van der Waals surface area (Å²) in [5.41, 5.74) is 1.69. The van der Waals surface area contributed by atoms with E-state index >= 15 is 0 Å². The minimum absolute atomic E-state index is 0.221. The second-order valence-corrected chi connectivity index (χ2v) is 5.54. The summed E-state index contributed by atoms with van der Waals surface area (Å²) in [5, 5.41) is 0. The summed E-state index contributed by atoms with van der Waals surface area (Å²) >= 11 is 0. The molecule has 0 amide bonds. The third kappa shape index (κ3) is 7.49. The molecule has 0 spiro atoms. The van der Waals surface area contributed by atoms with Crippen molar-refractivity contribution in [3.63, 3.8) is 0 Å². The van der Waals surface area contributed by atoms with E-state index in [1.54, 1.807) is 44.4 Å². The van der Waals surface area contributed by atoms with Crippen molar-refractivity contribution in [1.29, 1.82) is 0 Å². The summed E-state index contributed by atoms with van der Waals surface area (Å²) in [6.45, 7) is 3.57. The first-order valence-corrected chi connectivity index (χ1v) is 8.90. The number of pyridine rings is 1. The van der Waals surface area contributed by atoms with Gasteiger partial charge in [-0.15, -0.1) is 0 Å². The first-order valence-electron chi connectivity index (χ1n) is 8.90. The van der Waals surface area contributed by atoms with E-state index in [2.05, 4.69) is 4.98 Å². The minimum Gasteiger partial charge on any atom is -0.482 e. The van der Waals surface area contributed by atoms with Gasteiger partial charge in [0.25, 0.3) is 0 Å². The standard InChI is InChI=1S/C21H23NO6/c1-3-25-20(23)14-27-18-10-17(8-7-16-6-5-9-22-13-16)11-19(12-18)28-15-21(24)26-4-2/h5-13H,3-4,14-15H2,1-2H3/b8-7+. The van der Waals surface area contributed by atoms with Crippen LogP contribution >= 0.6 is 0 Å². The van der Waals surface area contributed by atoms with Crippen LogP contribution < -0.4 is 9.47 Å². The summed E-state index contributed by atoms with van der Waals surface area (Å²) in [5.74, 6) is -0.0962. The highest BCUT2D eigenvalue weighted by Crippen LogP contribution is 2.24. The second-order valence-electron chi connectivity index (χ2n) is 5.54. The number of carbonyl (C=O) groups excluding carboxylic acids is 2. The number of esters is 2. The zero-order valence-corrected chi connectivity index (χ0v) is 15.9. The van der Waals surface area contributed by atoms with Gasteiger partial charge in [0.15, 0.2) is 13.2 Å². The molecular formula is C21H23NO6. The smallest absolute Gasteiger partial charge is 0.344 e. The van der Waals surface area contributed by atoms with E-state index in [1.807, 2.05) is 24.3 Å². The molecule has 0 N–H and O–H groups in total. The lowest BCUT2D eigenvalue weighted by atomic mass is 10.1. The molecule has 2 aromatic rings. The van der Waals surface area contributed by atoms with Crippen molar-refractivity contribution in [3.8, 4) is 11.5 Å². The molecule has 0 fully saturated rings. The van der Waals surface area contributed by atoms with E-state index in [1.165, 1.54) is 0 Å². The topological polar surface area (TPSA) is 84.0 Å². The van der Waals surface area contributed by atoms with Crippen molar-refractivity contribution < 1.29 is 28.5 Å². The Labute approximate surface area is 163 Å². The molecule has 0 saturated carbocycles. The van der Waals surface area contributed by atoms with Crippen molar-refractivity contribution in [2.24, 2.45) is 0 Å². The fourth-order valence-corrected chi connectivity index (χ4v) is 2.21. The van der Waals surface area contributed by atoms with Gasteiger partial charge in [-0.2, -0.15) is 0 Å². The molecule has 0 aliphatic heterocycles. The number of aromatic nitrogens is 1. The second kappa shape index (κ2) is 11.4. The SMILES string of the molecule is CCOC(=O)COc1cc(/C=C/c2cccnc2)cc(OCC(=O)OCC)c1. The van der Waals surface area contributed by atoms with Gasteiger partial charge in [0.2, 0.25) is 0 Å². The van der Waals surface area contributed by atoms with Gasteiger partial charge in [0.05, 0.1) is 13.2 Å². The lowest BCUT2D eigenvalue weighted by Gasteiger charge is -2.11. The Hall–Kier alpha value is -3.35. The van der Waals surface area contributed by atoms with Gasteiger partial charge in [-0.05, 0) is 43.2 Å². The van der Waals surface area contributed by atoms with Crippen LogP contribution in [0.5, 0.6) is 11.5 Å². The van der Waals surface area contributed by atoms with Crippen LogP contribution in [0.4, 0.5) is 0 Å². The number of ether oxygens (including phenoxy) is 4. The van der Waals surface area contributed by atoms with Crippen molar-refractivity contribution in [3.05, 3.63) is 53.9 Å². The molecule has 7 nitrogen and oxygen atoms in total. The van der Waals surface area contributed by atoms with Crippen LogP contribution in [0, 0.1) is 0 Å². The molecule has 1 heterocycles. The summed E-state index contributed by atoms with van der Waals surface area (Å²) in [6, 6.07) is 8.86. The average molecular weight is 385 g/mol. The van der Waals surface area contributed by atoms with Crippen LogP contribution in [0.25, 0.3) is 12.2 Å². The zero-order valence-electron chi connectivity index (χ0n) is 15.9. The Morgan fingerprint density at radius 3 is 1.96 bits per heavy atom.